The van der Waals surface area contributed by atoms with Crippen molar-refractivity contribution in [1.29, 1.82) is 0 Å². The lowest BCUT2D eigenvalue weighted by Crippen LogP contribution is -2.23. The van der Waals surface area contributed by atoms with Gasteiger partial charge in [0, 0.05) is 13.1 Å². The molecule has 2 N–H and O–H groups in total. The van der Waals surface area contributed by atoms with E-state index in [2.05, 4.69) is 21.2 Å². The van der Waals surface area contributed by atoms with Gasteiger partial charge in [0.1, 0.15) is 6.61 Å². The van der Waals surface area contributed by atoms with Crippen LogP contribution in [0.3, 0.4) is 0 Å². The summed E-state index contributed by atoms with van der Waals surface area (Å²) in [5.74, 6) is 1.25. The van der Waals surface area contributed by atoms with Crippen LogP contribution in [0.25, 0.3) is 0 Å². The van der Waals surface area contributed by atoms with E-state index in [9.17, 15) is 5.11 Å². The number of nitrogens with one attached hydrogen (secondary N) is 1. The molecule has 0 aliphatic carbocycles. The van der Waals surface area contributed by atoms with Crippen molar-refractivity contribution in [2.45, 2.75) is 26.2 Å². The molecule has 0 bridgehead atoms. The topological polar surface area (TPSA) is 50.7 Å². The van der Waals surface area contributed by atoms with Gasteiger partial charge in [0.15, 0.2) is 11.5 Å². The maximum atomic E-state index is 9.31. The van der Waals surface area contributed by atoms with Crippen molar-refractivity contribution in [2.24, 2.45) is 0 Å². The summed E-state index contributed by atoms with van der Waals surface area (Å²) in [7, 11) is 1.60. The number of hydrogen-bond donors (Lipinski definition) is 2. The molecule has 136 valence electrons. The standard InChI is InChI=1S/C18H20BrCl2NO3/c1-11(23)8-22-9-13-5-14(19)18(17(7-13)24-2)25-10-12-3-4-15(20)16(21)6-12/h3-7,11,22-23H,8-10H2,1-2H3/t11-/m1/s1. The molecule has 0 radical (unpaired) electrons. The Morgan fingerprint density at radius 1 is 1.16 bits per heavy atom. The number of aliphatic hydroxyl groups excluding tert-OH is 1. The van der Waals surface area contributed by atoms with Gasteiger partial charge in [-0.15, -0.1) is 0 Å². The summed E-state index contributed by atoms with van der Waals surface area (Å²) in [5.41, 5.74) is 1.93. The number of rotatable bonds is 8. The van der Waals surface area contributed by atoms with Crippen molar-refractivity contribution in [3.05, 3.63) is 56.0 Å². The van der Waals surface area contributed by atoms with E-state index in [0.29, 0.717) is 41.2 Å². The second kappa shape index (κ2) is 9.64. The number of ether oxygens (including phenoxy) is 2. The van der Waals surface area contributed by atoms with E-state index in [4.69, 9.17) is 32.7 Å². The van der Waals surface area contributed by atoms with Crippen LogP contribution in [-0.2, 0) is 13.2 Å². The monoisotopic (exact) mass is 447 g/mol. The molecule has 0 aliphatic rings. The first-order chi connectivity index (χ1) is 11.9. The molecule has 2 aromatic rings. The van der Waals surface area contributed by atoms with Gasteiger partial charge >= 0.3 is 0 Å². The van der Waals surface area contributed by atoms with E-state index in [0.717, 1.165) is 15.6 Å². The first-order valence-electron chi connectivity index (χ1n) is 7.72. The van der Waals surface area contributed by atoms with Gasteiger partial charge in [0.05, 0.1) is 27.7 Å². The van der Waals surface area contributed by atoms with E-state index in [-0.39, 0.29) is 6.10 Å². The van der Waals surface area contributed by atoms with Gasteiger partial charge in [-0.25, -0.2) is 0 Å². The fourth-order valence-corrected chi connectivity index (χ4v) is 3.15. The van der Waals surface area contributed by atoms with Crippen LogP contribution >= 0.6 is 39.1 Å². The van der Waals surface area contributed by atoms with Gasteiger partial charge in [-0.05, 0) is 58.2 Å². The molecular formula is C18H20BrCl2NO3. The Hall–Kier alpha value is -0.980. The number of methoxy groups -OCH3 is 1. The van der Waals surface area contributed by atoms with Crippen LogP contribution in [0.15, 0.2) is 34.8 Å². The fraction of sp³-hybridized carbons (Fsp3) is 0.333. The smallest absolute Gasteiger partial charge is 0.175 e. The Bertz CT molecular complexity index is 726. The molecule has 0 spiro atoms. The Kier molecular flexibility index (Phi) is 7.84. The largest absolute Gasteiger partial charge is 0.493 e. The average Bonchev–Trinajstić information content (AvgIpc) is 2.56. The number of aliphatic hydroxyl groups is 1. The Morgan fingerprint density at radius 3 is 2.56 bits per heavy atom. The van der Waals surface area contributed by atoms with Crippen LogP contribution in [0.5, 0.6) is 11.5 Å². The number of benzene rings is 2. The van der Waals surface area contributed by atoms with Gasteiger partial charge < -0.3 is 19.9 Å². The highest BCUT2D eigenvalue weighted by Crippen LogP contribution is 2.37. The number of halogens is 3. The molecule has 0 saturated carbocycles. The minimum Gasteiger partial charge on any atom is -0.493 e. The molecule has 0 fully saturated rings. The lowest BCUT2D eigenvalue weighted by atomic mass is 10.2. The van der Waals surface area contributed by atoms with Crippen LogP contribution in [0.4, 0.5) is 0 Å². The molecule has 0 aromatic heterocycles. The second-order valence-corrected chi connectivity index (χ2v) is 7.29. The SMILES string of the molecule is COc1cc(CNC[C@@H](C)O)cc(Br)c1OCc1ccc(Cl)c(Cl)c1. The zero-order valence-corrected chi connectivity index (χ0v) is 17.1. The summed E-state index contributed by atoms with van der Waals surface area (Å²) in [6.45, 7) is 3.22. The molecule has 0 amide bonds. The molecule has 1 atom stereocenters. The highest BCUT2D eigenvalue weighted by molar-refractivity contribution is 9.10. The van der Waals surface area contributed by atoms with Gasteiger partial charge in [0.2, 0.25) is 0 Å². The first kappa shape index (κ1) is 20.3. The lowest BCUT2D eigenvalue weighted by Gasteiger charge is -2.15. The first-order valence-corrected chi connectivity index (χ1v) is 9.27. The van der Waals surface area contributed by atoms with Crippen molar-refractivity contribution < 1.29 is 14.6 Å². The molecule has 2 aromatic carbocycles. The molecule has 0 heterocycles. The van der Waals surface area contributed by atoms with Crippen LogP contribution in [-0.4, -0.2) is 24.9 Å². The highest BCUT2D eigenvalue weighted by atomic mass is 79.9. The van der Waals surface area contributed by atoms with Gasteiger partial charge in [-0.3, -0.25) is 0 Å². The van der Waals surface area contributed by atoms with Crippen molar-refractivity contribution >= 4 is 39.1 Å². The summed E-state index contributed by atoms with van der Waals surface area (Å²) in [6.07, 6.45) is -0.390. The molecule has 7 heteroatoms. The zero-order valence-electron chi connectivity index (χ0n) is 14.0. The molecule has 0 aliphatic heterocycles. The normalized spacial score (nSPS) is 12.1. The lowest BCUT2D eigenvalue weighted by molar-refractivity contribution is 0.191. The van der Waals surface area contributed by atoms with E-state index >= 15 is 0 Å². The minimum absolute atomic E-state index is 0.339. The van der Waals surface area contributed by atoms with E-state index in [1.807, 2.05) is 18.2 Å². The maximum Gasteiger partial charge on any atom is 0.175 e. The third-order valence-electron chi connectivity index (χ3n) is 3.43. The van der Waals surface area contributed by atoms with E-state index in [1.165, 1.54) is 0 Å². The summed E-state index contributed by atoms with van der Waals surface area (Å²) in [5, 5.41) is 13.5. The summed E-state index contributed by atoms with van der Waals surface area (Å²) in [4.78, 5) is 0. The predicted octanol–water partition coefficient (Wildman–Crippen LogP) is 4.81. The molecule has 4 nitrogen and oxygen atoms in total. The maximum absolute atomic E-state index is 9.31. The summed E-state index contributed by atoms with van der Waals surface area (Å²) in [6, 6.07) is 9.25. The minimum atomic E-state index is -0.390. The second-order valence-electron chi connectivity index (χ2n) is 5.63. The number of hydrogen-bond acceptors (Lipinski definition) is 4. The van der Waals surface area contributed by atoms with Gasteiger partial charge in [-0.1, -0.05) is 29.3 Å². The third-order valence-corrected chi connectivity index (χ3v) is 4.75. The zero-order chi connectivity index (χ0) is 18.4. The van der Waals surface area contributed by atoms with Crippen molar-refractivity contribution in [1.82, 2.24) is 5.32 Å². The predicted molar refractivity (Wildman–Crippen MR) is 105 cm³/mol. The van der Waals surface area contributed by atoms with Crippen LogP contribution in [0.1, 0.15) is 18.1 Å². The molecule has 2 rings (SSSR count). The Labute approximate surface area is 166 Å². The molecule has 25 heavy (non-hydrogen) atoms. The van der Waals surface area contributed by atoms with E-state index in [1.54, 1.807) is 26.2 Å². The average molecular weight is 449 g/mol. The van der Waals surface area contributed by atoms with Crippen molar-refractivity contribution in [3.8, 4) is 11.5 Å². The highest BCUT2D eigenvalue weighted by Gasteiger charge is 2.12. The quantitative estimate of drug-likeness (QED) is 0.608. The van der Waals surface area contributed by atoms with Crippen molar-refractivity contribution in [2.75, 3.05) is 13.7 Å². The summed E-state index contributed by atoms with van der Waals surface area (Å²) < 4.78 is 12.1. The summed E-state index contributed by atoms with van der Waals surface area (Å²) >= 11 is 15.5. The van der Waals surface area contributed by atoms with Gasteiger partial charge in [0.25, 0.3) is 0 Å². The molecule has 0 saturated heterocycles. The van der Waals surface area contributed by atoms with Crippen LogP contribution in [0.2, 0.25) is 10.0 Å². The van der Waals surface area contributed by atoms with Crippen LogP contribution in [0, 0.1) is 0 Å². The van der Waals surface area contributed by atoms with Crippen molar-refractivity contribution in [3.63, 3.8) is 0 Å². The van der Waals surface area contributed by atoms with Gasteiger partial charge in [-0.2, -0.15) is 0 Å². The Balaban J connectivity index is 2.10. The fourth-order valence-electron chi connectivity index (χ4n) is 2.23. The van der Waals surface area contributed by atoms with E-state index < -0.39 is 0 Å². The third kappa shape index (κ3) is 6.04. The molecule has 0 unspecified atom stereocenters. The van der Waals surface area contributed by atoms with Crippen LogP contribution < -0.4 is 14.8 Å². The Morgan fingerprint density at radius 2 is 1.92 bits per heavy atom. The molecular weight excluding hydrogens is 429 g/mol.